The van der Waals surface area contributed by atoms with Crippen LogP contribution in [0.5, 0.6) is 0 Å². The van der Waals surface area contributed by atoms with Gasteiger partial charge in [-0.15, -0.1) is 0 Å². The first-order valence-electron chi connectivity index (χ1n) is 23.4. The number of anilines is 6. The molecular weight excluding hydrogens is 813 g/mol. The molecule has 0 aliphatic heterocycles. The highest BCUT2D eigenvalue weighted by atomic mass is 15.1. The van der Waals surface area contributed by atoms with Gasteiger partial charge in [0.15, 0.2) is 0 Å². The van der Waals surface area contributed by atoms with E-state index in [2.05, 4.69) is 270 Å². The van der Waals surface area contributed by atoms with E-state index in [1.807, 2.05) is 0 Å². The van der Waals surface area contributed by atoms with Gasteiger partial charge in [-0.25, -0.2) is 0 Å². The van der Waals surface area contributed by atoms with Crippen molar-refractivity contribution in [2.75, 3.05) is 9.80 Å². The number of nitrogens with zero attached hydrogens (tertiary/aromatic N) is 4. The quantitative estimate of drug-likeness (QED) is 0.144. The number of benzene rings is 9. The summed E-state index contributed by atoms with van der Waals surface area (Å²) in [6, 6.07) is 79.9. The molecular formula is C63H50N4. The predicted octanol–water partition coefficient (Wildman–Crippen LogP) is 17.2. The third kappa shape index (κ3) is 7.19. The second-order valence-corrected chi connectivity index (χ2v) is 18.1. The van der Waals surface area contributed by atoms with Crippen LogP contribution in [0.15, 0.2) is 224 Å². The lowest BCUT2D eigenvalue weighted by Gasteiger charge is -2.27. The average Bonchev–Trinajstić information content (AvgIpc) is 3.88. The van der Waals surface area contributed by atoms with E-state index in [9.17, 15) is 0 Å². The van der Waals surface area contributed by atoms with Gasteiger partial charge in [0.25, 0.3) is 0 Å². The van der Waals surface area contributed by atoms with Crippen LogP contribution in [-0.4, -0.2) is 9.13 Å². The maximum atomic E-state index is 2.43. The van der Waals surface area contributed by atoms with E-state index in [1.165, 1.54) is 71.9 Å². The molecule has 4 heteroatoms. The summed E-state index contributed by atoms with van der Waals surface area (Å²) >= 11 is 0. The van der Waals surface area contributed by atoms with Crippen molar-refractivity contribution in [2.45, 2.75) is 27.2 Å². The molecule has 2 aromatic heterocycles. The number of fused-ring (bicyclic) bond motifs is 6. The summed E-state index contributed by atoms with van der Waals surface area (Å²) in [5, 5.41) is 3.77. The van der Waals surface area contributed by atoms with Gasteiger partial charge in [-0.1, -0.05) is 127 Å². The molecule has 1 aliphatic rings. The van der Waals surface area contributed by atoms with E-state index < -0.39 is 0 Å². The van der Waals surface area contributed by atoms with Crippen molar-refractivity contribution in [3.05, 3.63) is 247 Å². The first kappa shape index (κ1) is 40.2. The van der Waals surface area contributed by atoms with Gasteiger partial charge < -0.3 is 18.9 Å². The van der Waals surface area contributed by atoms with Gasteiger partial charge in [0.2, 0.25) is 0 Å². The fourth-order valence-electron chi connectivity index (χ4n) is 10.2. The molecule has 67 heavy (non-hydrogen) atoms. The van der Waals surface area contributed by atoms with Crippen molar-refractivity contribution in [1.82, 2.24) is 9.13 Å². The highest BCUT2D eigenvalue weighted by Gasteiger charge is 2.24. The molecule has 322 valence electrons. The van der Waals surface area contributed by atoms with Gasteiger partial charge in [-0.2, -0.15) is 0 Å². The van der Waals surface area contributed by atoms with Crippen molar-refractivity contribution in [1.29, 1.82) is 0 Å². The van der Waals surface area contributed by atoms with Crippen molar-refractivity contribution in [3.8, 4) is 22.5 Å². The van der Waals surface area contributed by atoms with Crippen LogP contribution in [-0.2, 0) is 6.42 Å². The minimum atomic E-state index is 0.482. The van der Waals surface area contributed by atoms with Crippen LogP contribution in [0.2, 0.25) is 0 Å². The van der Waals surface area contributed by atoms with Crippen molar-refractivity contribution >= 4 is 72.9 Å². The Morgan fingerprint density at radius 1 is 0.388 bits per heavy atom. The van der Waals surface area contributed by atoms with E-state index in [1.54, 1.807) is 0 Å². The van der Waals surface area contributed by atoms with E-state index in [0.29, 0.717) is 5.92 Å². The number of hydrogen-bond acceptors (Lipinski definition) is 2. The zero-order valence-electron chi connectivity index (χ0n) is 38.0. The smallest absolute Gasteiger partial charge is 0.0542 e. The summed E-state index contributed by atoms with van der Waals surface area (Å²) in [5.41, 5.74) is 20.2. The molecule has 0 fully saturated rings. The molecule has 0 N–H and O–H groups in total. The fourth-order valence-corrected chi connectivity index (χ4v) is 10.2. The first-order valence-corrected chi connectivity index (χ1v) is 23.4. The highest BCUT2D eigenvalue weighted by molar-refractivity contribution is 6.10. The number of para-hydroxylation sites is 3. The molecule has 12 rings (SSSR count). The average molecular weight is 863 g/mol. The Morgan fingerprint density at radius 2 is 0.806 bits per heavy atom. The highest BCUT2D eigenvalue weighted by Crippen LogP contribution is 2.43. The number of aromatic nitrogens is 2. The van der Waals surface area contributed by atoms with E-state index in [4.69, 9.17) is 0 Å². The summed E-state index contributed by atoms with van der Waals surface area (Å²) in [6.07, 6.45) is 5.69. The number of hydrogen-bond donors (Lipinski definition) is 0. The van der Waals surface area contributed by atoms with Gasteiger partial charge in [0, 0.05) is 67.4 Å². The Kier molecular flexibility index (Phi) is 9.95. The Balaban J connectivity index is 0.908. The van der Waals surface area contributed by atoms with Crippen molar-refractivity contribution < 1.29 is 0 Å². The summed E-state index contributed by atoms with van der Waals surface area (Å²) in [7, 11) is 0. The molecule has 2 heterocycles. The SMILES string of the molecule is Cc1ccc(N(c2ccc(-c3ccc(N(c4ccc(C)cc4)c4ccc5c(c4)c4ccccc4n5-c4ccccc4)cc3)cc2)c2ccc3c(c2)c2c(n3-c3ccccc3)C=CC(C)C2)cc1. The van der Waals surface area contributed by atoms with Crippen LogP contribution in [0.1, 0.15) is 29.3 Å². The molecule has 0 amide bonds. The zero-order chi connectivity index (χ0) is 45.0. The lowest BCUT2D eigenvalue weighted by atomic mass is 9.93. The van der Waals surface area contributed by atoms with E-state index in [-0.39, 0.29) is 0 Å². The summed E-state index contributed by atoms with van der Waals surface area (Å²) in [4.78, 5) is 4.77. The molecule has 0 radical (unpaired) electrons. The fraction of sp³-hybridized carbons (Fsp3) is 0.0794. The van der Waals surface area contributed by atoms with Gasteiger partial charge in [0.1, 0.15) is 0 Å². The molecule has 11 aromatic rings. The van der Waals surface area contributed by atoms with Crippen LogP contribution in [0.3, 0.4) is 0 Å². The minimum absolute atomic E-state index is 0.482. The maximum Gasteiger partial charge on any atom is 0.0542 e. The Morgan fingerprint density at radius 3 is 1.34 bits per heavy atom. The molecule has 9 aromatic carbocycles. The first-order chi connectivity index (χ1) is 32.9. The van der Waals surface area contributed by atoms with Crippen LogP contribution >= 0.6 is 0 Å². The van der Waals surface area contributed by atoms with Crippen LogP contribution in [0.25, 0.3) is 61.3 Å². The van der Waals surface area contributed by atoms with Crippen molar-refractivity contribution in [2.24, 2.45) is 5.92 Å². The Bertz CT molecular complexity index is 3600. The van der Waals surface area contributed by atoms with Gasteiger partial charge >= 0.3 is 0 Å². The van der Waals surface area contributed by atoms with Crippen LogP contribution < -0.4 is 9.80 Å². The van der Waals surface area contributed by atoms with Gasteiger partial charge in [-0.05, 0) is 164 Å². The molecule has 0 bridgehead atoms. The minimum Gasteiger partial charge on any atom is -0.310 e. The summed E-state index contributed by atoms with van der Waals surface area (Å²) in [5.74, 6) is 0.482. The monoisotopic (exact) mass is 862 g/mol. The molecule has 1 aliphatic carbocycles. The Hall–Kier alpha value is -8.34. The second-order valence-electron chi connectivity index (χ2n) is 18.1. The largest absolute Gasteiger partial charge is 0.310 e. The third-order valence-electron chi connectivity index (χ3n) is 13.6. The lowest BCUT2D eigenvalue weighted by Crippen LogP contribution is -2.10. The van der Waals surface area contributed by atoms with Crippen LogP contribution in [0, 0.1) is 19.8 Å². The van der Waals surface area contributed by atoms with E-state index in [0.717, 1.165) is 46.2 Å². The number of rotatable bonds is 9. The Labute approximate surface area is 392 Å². The van der Waals surface area contributed by atoms with E-state index >= 15 is 0 Å². The molecule has 0 saturated carbocycles. The molecule has 1 unspecified atom stereocenters. The van der Waals surface area contributed by atoms with Gasteiger partial charge in [0.05, 0.1) is 16.6 Å². The maximum absolute atomic E-state index is 2.43. The predicted molar refractivity (Wildman–Crippen MR) is 284 cm³/mol. The molecule has 4 nitrogen and oxygen atoms in total. The van der Waals surface area contributed by atoms with Gasteiger partial charge in [-0.3, -0.25) is 0 Å². The molecule has 0 spiro atoms. The second kappa shape index (κ2) is 16.6. The lowest BCUT2D eigenvalue weighted by molar-refractivity contribution is 0.718. The summed E-state index contributed by atoms with van der Waals surface area (Å²) in [6.45, 7) is 6.61. The molecule has 0 saturated heterocycles. The topological polar surface area (TPSA) is 16.3 Å². The van der Waals surface area contributed by atoms with Crippen LogP contribution in [0.4, 0.5) is 34.1 Å². The van der Waals surface area contributed by atoms with Crippen molar-refractivity contribution in [3.63, 3.8) is 0 Å². The standard InChI is InChI=1S/C63H50N4/c1-43-18-27-50(28-19-43)64(54-35-38-62-58(41-54)56-16-10-11-17-60(56)66(62)48-12-6-4-7-13-48)52-31-23-46(24-32-52)47-25-33-53(34-26-47)65(51-29-20-44(2)21-30-51)55-36-39-63-59(42-55)57-40-45(3)22-37-61(57)67(63)49-14-8-5-9-15-49/h4-39,41-42,45H,40H2,1-3H3. The normalized spacial score (nSPS) is 13.3. The summed E-state index contributed by atoms with van der Waals surface area (Å²) < 4.78 is 4.80. The number of allylic oxidation sites excluding steroid dienone is 1. The third-order valence-corrected chi connectivity index (χ3v) is 13.6. The molecule has 1 atom stereocenters. The number of aryl methyl sites for hydroxylation is 2. The zero-order valence-corrected chi connectivity index (χ0v) is 38.0.